The SMILES string of the molecule is CCC(NCCN1CCOCC1)C(=O)O. The molecule has 1 aliphatic heterocycles. The van der Waals surface area contributed by atoms with Gasteiger partial charge in [0.25, 0.3) is 0 Å². The van der Waals surface area contributed by atoms with Crippen LogP contribution >= 0.6 is 0 Å². The van der Waals surface area contributed by atoms with Crippen LogP contribution in [0.2, 0.25) is 0 Å². The third-order valence-electron chi connectivity index (χ3n) is 2.63. The van der Waals surface area contributed by atoms with E-state index >= 15 is 0 Å². The van der Waals surface area contributed by atoms with E-state index in [0.29, 0.717) is 6.42 Å². The van der Waals surface area contributed by atoms with Crippen LogP contribution in [0.5, 0.6) is 0 Å². The average molecular weight is 216 g/mol. The van der Waals surface area contributed by atoms with Crippen molar-refractivity contribution in [2.45, 2.75) is 19.4 Å². The van der Waals surface area contributed by atoms with Crippen molar-refractivity contribution in [1.82, 2.24) is 10.2 Å². The molecule has 2 N–H and O–H groups in total. The monoisotopic (exact) mass is 216 g/mol. The van der Waals surface area contributed by atoms with E-state index in [9.17, 15) is 4.79 Å². The summed E-state index contributed by atoms with van der Waals surface area (Å²) in [6.07, 6.45) is 0.623. The first-order valence-corrected chi connectivity index (χ1v) is 5.50. The van der Waals surface area contributed by atoms with Gasteiger partial charge >= 0.3 is 5.97 Å². The van der Waals surface area contributed by atoms with Crippen LogP contribution in [-0.4, -0.2) is 61.4 Å². The first-order valence-electron chi connectivity index (χ1n) is 5.50. The fraction of sp³-hybridized carbons (Fsp3) is 0.900. The van der Waals surface area contributed by atoms with Crippen LogP contribution in [0.3, 0.4) is 0 Å². The van der Waals surface area contributed by atoms with E-state index in [1.807, 2.05) is 6.92 Å². The average Bonchev–Trinajstić information content (AvgIpc) is 2.25. The topological polar surface area (TPSA) is 61.8 Å². The van der Waals surface area contributed by atoms with E-state index in [4.69, 9.17) is 9.84 Å². The standard InChI is InChI=1S/C10H20N2O3/c1-2-9(10(13)14)11-3-4-12-5-7-15-8-6-12/h9,11H,2-8H2,1H3,(H,13,14). The molecule has 88 valence electrons. The summed E-state index contributed by atoms with van der Waals surface area (Å²) in [5.41, 5.74) is 0. The largest absolute Gasteiger partial charge is 0.480 e. The van der Waals surface area contributed by atoms with Crippen molar-refractivity contribution in [3.05, 3.63) is 0 Å². The molecule has 15 heavy (non-hydrogen) atoms. The number of carboxylic acid groups (broad SMARTS) is 1. The van der Waals surface area contributed by atoms with E-state index in [1.165, 1.54) is 0 Å². The molecule has 0 aromatic carbocycles. The molecule has 1 fully saturated rings. The lowest BCUT2D eigenvalue weighted by atomic mass is 10.2. The summed E-state index contributed by atoms with van der Waals surface area (Å²) in [5, 5.41) is 11.8. The minimum absolute atomic E-state index is 0.411. The van der Waals surface area contributed by atoms with Crippen molar-refractivity contribution in [2.75, 3.05) is 39.4 Å². The summed E-state index contributed by atoms with van der Waals surface area (Å²) in [6.45, 7) is 6.97. The zero-order valence-corrected chi connectivity index (χ0v) is 9.24. The molecule has 1 saturated heterocycles. The molecule has 0 aromatic heterocycles. The number of carboxylic acids is 1. The number of morpholine rings is 1. The lowest BCUT2D eigenvalue weighted by molar-refractivity contribution is -0.139. The highest BCUT2D eigenvalue weighted by atomic mass is 16.5. The van der Waals surface area contributed by atoms with Gasteiger partial charge in [-0.05, 0) is 6.42 Å². The zero-order chi connectivity index (χ0) is 11.1. The second-order valence-corrected chi connectivity index (χ2v) is 3.71. The molecule has 0 bridgehead atoms. The van der Waals surface area contributed by atoms with Crippen LogP contribution in [-0.2, 0) is 9.53 Å². The maximum absolute atomic E-state index is 10.7. The highest BCUT2D eigenvalue weighted by Gasteiger charge is 2.15. The Hall–Kier alpha value is -0.650. The van der Waals surface area contributed by atoms with Crippen molar-refractivity contribution < 1.29 is 14.6 Å². The Balaban J connectivity index is 2.11. The highest BCUT2D eigenvalue weighted by molar-refractivity contribution is 5.73. The van der Waals surface area contributed by atoms with Crippen molar-refractivity contribution in [1.29, 1.82) is 0 Å². The van der Waals surface area contributed by atoms with Crippen molar-refractivity contribution >= 4 is 5.97 Å². The minimum Gasteiger partial charge on any atom is -0.480 e. The number of aliphatic carboxylic acids is 1. The predicted molar refractivity (Wildman–Crippen MR) is 57.0 cm³/mol. The predicted octanol–water partition coefficient (Wildman–Crippen LogP) is -0.229. The molecule has 0 amide bonds. The Morgan fingerprint density at radius 3 is 2.73 bits per heavy atom. The first-order chi connectivity index (χ1) is 7.24. The van der Waals surface area contributed by atoms with E-state index in [2.05, 4.69) is 10.2 Å². The molecule has 1 unspecified atom stereocenters. The second kappa shape index (κ2) is 6.76. The van der Waals surface area contributed by atoms with Crippen molar-refractivity contribution in [3.8, 4) is 0 Å². The van der Waals surface area contributed by atoms with Gasteiger partial charge in [0.2, 0.25) is 0 Å². The lowest BCUT2D eigenvalue weighted by Crippen LogP contribution is -2.44. The van der Waals surface area contributed by atoms with Crippen LogP contribution in [0.25, 0.3) is 0 Å². The Kier molecular flexibility index (Phi) is 5.60. The molecule has 0 aromatic rings. The van der Waals surface area contributed by atoms with Gasteiger partial charge in [0, 0.05) is 26.2 Å². The summed E-state index contributed by atoms with van der Waals surface area (Å²) in [7, 11) is 0. The Morgan fingerprint density at radius 2 is 2.20 bits per heavy atom. The lowest BCUT2D eigenvalue weighted by Gasteiger charge is -2.27. The third-order valence-corrected chi connectivity index (χ3v) is 2.63. The second-order valence-electron chi connectivity index (χ2n) is 3.71. The van der Waals surface area contributed by atoms with Crippen molar-refractivity contribution in [2.24, 2.45) is 0 Å². The highest BCUT2D eigenvalue weighted by Crippen LogP contribution is 1.96. The summed E-state index contributed by atoms with van der Waals surface area (Å²) in [4.78, 5) is 13.0. The number of rotatable bonds is 6. The first kappa shape index (κ1) is 12.4. The van der Waals surface area contributed by atoms with Gasteiger partial charge in [0.15, 0.2) is 0 Å². The summed E-state index contributed by atoms with van der Waals surface area (Å²) in [5.74, 6) is -0.764. The smallest absolute Gasteiger partial charge is 0.320 e. The molecule has 0 spiro atoms. The maximum Gasteiger partial charge on any atom is 0.320 e. The van der Waals surface area contributed by atoms with Crippen LogP contribution < -0.4 is 5.32 Å². The summed E-state index contributed by atoms with van der Waals surface area (Å²) >= 11 is 0. The number of ether oxygens (including phenoxy) is 1. The van der Waals surface area contributed by atoms with Crippen LogP contribution in [0.4, 0.5) is 0 Å². The molecule has 1 heterocycles. The summed E-state index contributed by atoms with van der Waals surface area (Å²) < 4.78 is 5.23. The molecule has 5 heteroatoms. The molecule has 1 rings (SSSR count). The van der Waals surface area contributed by atoms with Crippen LogP contribution in [0.1, 0.15) is 13.3 Å². The quantitative estimate of drug-likeness (QED) is 0.642. The number of hydrogen-bond acceptors (Lipinski definition) is 4. The van der Waals surface area contributed by atoms with Gasteiger partial charge in [0.05, 0.1) is 13.2 Å². The van der Waals surface area contributed by atoms with Gasteiger partial charge < -0.3 is 15.2 Å². The Morgan fingerprint density at radius 1 is 1.53 bits per heavy atom. The van der Waals surface area contributed by atoms with Gasteiger partial charge in [-0.1, -0.05) is 6.92 Å². The van der Waals surface area contributed by atoms with E-state index in [0.717, 1.165) is 39.4 Å². The molecule has 5 nitrogen and oxygen atoms in total. The van der Waals surface area contributed by atoms with Gasteiger partial charge in [-0.2, -0.15) is 0 Å². The fourth-order valence-corrected chi connectivity index (χ4v) is 1.63. The number of hydrogen-bond donors (Lipinski definition) is 2. The van der Waals surface area contributed by atoms with Crippen LogP contribution in [0.15, 0.2) is 0 Å². The van der Waals surface area contributed by atoms with Gasteiger partial charge in [-0.15, -0.1) is 0 Å². The Bertz CT molecular complexity index is 193. The normalized spacial score (nSPS) is 20.1. The number of carbonyl (C=O) groups is 1. The van der Waals surface area contributed by atoms with E-state index < -0.39 is 12.0 Å². The molecule has 0 saturated carbocycles. The van der Waals surface area contributed by atoms with Gasteiger partial charge in [-0.25, -0.2) is 0 Å². The minimum atomic E-state index is -0.764. The number of nitrogens with zero attached hydrogens (tertiary/aromatic N) is 1. The summed E-state index contributed by atoms with van der Waals surface area (Å²) in [6, 6.07) is -0.411. The fourth-order valence-electron chi connectivity index (χ4n) is 1.63. The van der Waals surface area contributed by atoms with Crippen molar-refractivity contribution in [3.63, 3.8) is 0 Å². The molecule has 1 aliphatic rings. The van der Waals surface area contributed by atoms with Gasteiger partial charge in [0.1, 0.15) is 6.04 Å². The molecule has 0 radical (unpaired) electrons. The maximum atomic E-state index is 10.7. The molecular formula is C10H20N2O3. The molecule has 0 aliphatic carbocycles. The van der Waals surface area contributed by atoms with E-state index in [-0.39, 0.29) is 0 Å². The third kappa shape index (κ3) is 4.59. The zero-order valence-electron chi connectivity index (χ0n) is 9.24. The number of nitrogens with one attached hydrogen (secondary N) is 1. The van der Waals surface area contributed by atoms with E-state index in [1.54, 1.807) is 0 Å². The van der Waals surface area contributed by atoms with Crippen LogP contribution in [0, 0.1) is 0 Å². The van der Waals surface area contributed by atoms with Gasteiger partial charge in [-0.3, -0.25) is 9.69 Å². The Labute approximate surface area is 90.4 Å². The molecule has 1 atom stereocenters. The molecular weight excluding hydrogens is 196 g/mol.